The zero-order valence-electron chi connectivity index (χ0n) is 12.0. The van der Waals surface area contributed by atoms with Gasteiger partial charge in [-0.1, -0.05) is 23.4 Å². The van der Waals surface area contributed by atoms with Crippen molar-refractivity contribution in [2.24, 2.45) is 0 Å². The Morgan fingerprint density at radius 3 is 2.58 bits per heavy atom. The molecule has 0 saturated carbocycles. The van der Waals surface area contributed by atoms with Gasteiger partial charge in [-0.05, 0) is 35.4 Å². The van der Waals surface area contributed by atoms with Gasteiger partial charge >= 0.3 is 0 Å². The van der Waals surface area contributed by atoms with Crippen molar-refractivity contribution in [2.45, 2.75) is 0 Å². The number of H-pyrrole nitrogens is 1. The smallest absolute Gasteiger partial charge is 0.167 e. The summed E-state index contributed by atoms with van der Waals surface area (Å²) in [6, 6.07) is 12.7. The summed E-state index contributed by atoms with van der Waals surface area (Å²) < 4.78 is 32.2. The summed E-state index contributed by atoms with van der Waals surface area (Å²) in [5.74, 6) is -1.40. The van der Waals surface area contributed by atoms with Crippen molar-refractivity contribution in [3.05, 3.63) is 59.8 Å². The molecule has 0 atom stereocenters. The number of nitrogens with zero attached hydrogens (tertiary/aromatic N) is 3. The summed E-state index contributed by atoms with van der Waals surface area (Å²) in [4.78, 5) is 0. The zero-order chi connectivity index (χ0) is 16.7. The highest BCUT2D eigenvalue weighted by Gasteiger charge is 2.15. The number of fused-ring (bicyclic) bond motifs is 1. The molecule has 4 rings (SSSR count). The molecule has 0 radical (unpaired) electrons. The van der Waals surface area contributed by atoms with Crippen molar-refractivity contribution in [3.8, 4) is 28.7 Å². The van der Waals surface area contributed by atoms with Crippen LogP contribution in [0, 0.1) is 23.0 Å². The summed E-state index contributed by atoms with van der Waals surface area (Å²) in [7, 11) is 0. The number of nitriles is 1. The van der Waals surface area contributed by atoms with Crippen LogP contribution in [0.2, 0.25) is 0 Å². The predicted molar refractivity (Wildman–Crippen MR) is 81.7 cm³/mol. The summed E-state index contributed by atoms with van der Waals surface area (Å²) in [6.07, 6.45) is 0. The van der Waals surface area contributed by atoms with Gasteiger partial charge in [0, 0.05) is 5.39 Å². The zero-order valence-corrected chi connectivity index (χ0v) is 12.0. The molecule has 7 heteroatoms. The van der Waals surface area contributed by atoms with Crippen LogP contribution in [-0.2, 0) is 0 Å². The molecule has 116 valence electrons. The Kier molecular flexibility index (Phi) is 3.10. The predicted octanol–water partition coefficient (Wildman–Crippen LogP) is 4.03. The van der Waals surface area contributed by atoms with Gasteiger partial charge in [-0.25, -0.2) is 13.9 Å². The molecule has 0 aliphatic carbocycles. The van der Waals surface area contributed by atoms with E-state index in [9.17, 15) is 8.78 Å². The van der Waals surface area contributed by atoms with Crippen molar-refractivity contribution in [1.82, 2.24) is 15.4 Å². The van der Waals surface area contributed by atoms with Crippen molar-refractivity contribution in [2.75, 3.05) is 0 Å². The van der Waals surface area contributed by atoms with Gasteiger partial charge in [0.1, 0.15) is 11.7 Å². The van der Waals surface area contributed by atoms with E-state index in [1.807, 2.05) is 6.07 Å². The molecule has 5 nitrogen and oxygen atoms in total. The van der Waals surface area contributed by atoms with E-state index in [4.69, 9.17) is 9.68 Å². The van der Waals surface area contributed by atoms with Crippen LogP contribution >= 0.6 is 0 Å². The van der Waals surface area contributed by atoms with Gasteiger partial charge in [-0.3, -0.25) is 0 Å². The van der Waals surface area contributed by atoms with Gasteiger partial charge in [0.05, 0.1) is 0 Å². The first-order valence-corrected chi connectivity index (χ1v) is 6.96. The Morgan fingerprint density at radius 2 is 1.79 bits per heavy atom. The second kappa shape index (κ2) is 5.28. The average molecular weight is 322 g/mol. The first-order valence-electron chi connectivity index (χ1n) is 6.96. The highest BCUT2D eigenvalue weighted by molar-refractivity contribution is 5.86. The number of hydrogen-bond donors (Lipinski definition) is 1. The molecule has 0 unspecified atom stereocenters. The molecule has 2 aromatic heterocycles. The SMILES string of the molecule is N#Cc1[nH]nnc1-c1cc2ccc(-c3ccc(F)c(F)c3)cc2o1. The first-order chi connectivity index (χ1) is 11.7. The van der Waals surface area contributed by atoms with Crippen LogP contribution in [0.4, 0.5) is 8.78 Å². The molecule has 0 saturated heterocycles. The summed E-state index contributed by atoms with van der Waals surface area (Å²) in [5, 5.41) is 19.7. The fraction of sp³-hybridized carbons (Fsp3) is 0. The highest BCUT2D eigenvalue weighted by Crippen LogP contribution is 2.31. The second-order valence-electron chi connectivity index (χ2n) is 5.14. The van der Waals surface area contributed by atoms with Crippen LogP contribution in [0.3, 0.4) is 0 Å². The molecule has 4 aromatic rings. The molecule has 0 aliphatic rings. The normalized spacial score (nSPS) is 10.9. The standard InChI is InChI=1S/C17H8F2N4O/c18-12-4-3-9(5-13(12)19)10-1-2-11-7-16(24-15(11)6-10)17-14(8-20)21-23-22-17/h1-7H,(H,21,22,23). The summed E-state index contributed by atoms with van der Waals surface area (Å²) in [6.45, 7) is 0. The molecule has 2 aromatic carbocycles. The van der Waals surface area contributed by atoms with E-state index >= 15 is 0 Å². The Hall–Kier alpha value is -3.53. The molecule has 0 fully saturated rings. The lowest BCUT2D eigenvalue weighted by Gasteiger charge is -2.02. The average Bonchev–Trinajstić information content (AvgIpc) is 3.22. The minimum Gasteiger partial charge on any atom is -0.454 e. The fourth-order valence-electron chi connectivity index (χ4n) is 2.48. The highest BCUT2D eigenvalue weighted by atomic mass is 19.2. The maximum atomic E-state index is 13.4. The monoisotopic (exact) mass is 322 g/mol. The number of hydrogen-bond acceptors (Lipinski definition) is 4. The molecule has 1 N–H and O–H groups in total. The quantitative estimate of drug-likeness (QED) is 0.604. The number of benzene rings is 2. The van der Waals surface area contributed by atoms with Crippen LogP contribution in [0.5, 0.6) is 0 Å². The number of halogens is 2. The Balaban J connectivity index is 1.82. The number of aromatic amines is 1. The van der Waals surface area contributed by atoms with Gasteiger partial charge in [0.2, 0.25) is 0 Å². The molecule has 0 amide bonds. The lowest BCUT2D eigenvalue weighted by Crippen LogP contribution is -1.85. The van der Waals surface area contributed by atoms with E-state index in [-0.39, 0.29) is 5.69 Å². The van der Waals surface area contributed by atoms with Gasteiger partial charge in [0.25, 0.3) is 0 Å². The van der Waals surface area contributed by atoms with Crippen molar-refractivity contribution in [1.29, 1.82) is 5.26 Å². The van der Waals surface area contributed by atoms with E-state index in [1.165, 1.54) is 6.07 Å². The van der Waals surface area contributed by atoms with Crippen LogP contribution in [0.1, 0.15) is 5.69 Å². The Labute approximate surface area is 134 Å². The lowest BCUT2D eigenvalue weighted by molar-refractivity contribution is 0.509. The molecular weight excluding hydrogens is 314 g/mol. The minimum absolute atomic E-state index is 0.204. The van der Waals surface area contributed by atoms with Crippen molar-refractivity contribution >= 4 is 11.0 Å². The largest absolute Gasteiger partial charge is 0.454 e. The van der Waals surface area contributed by atoms with Crippen LogP contribution < -0.4 is 0 Å². The topological polar surface area (TPSA) is 78.5 Å². The van der Waals surface area contributed by atoms with E-state index in [2.05, 4.69) is 15.4 Å². The van der Waals surface area contributed by atoms with Crippen LogP contribution in [0.15, 0.2) is 46.9 Å². The maximum Gasteiger partial charge on any atom is 0.167 e. The molecule has 24 heavy (non-hydrogen) atoms. The fourth-order valence-corrected chi connectivity index (χ4v) is 2.48. The lowest BCUT2D eigenvalue weighted by atomic mass is 10.0. The number of nitrogens with one attached hydrogen (secondary N) is 1. The van der Waals surface area contributed by atoms with Crippen molar-refractivity contribution in [3.63, 3.8) is 0 Å². The number of aromatic nitrogens is 3. The summed E-state index contributed by atoms with van der Waals surface area (Å²) >= 11 is 0. The Bertz CT molecular complexity index is 1110. The molecule has 0 bridgehead atoms. The van der Waals surface area contributed by atoms with Gasteiger partial charge < -0.3 is 4.42 Å². The van der Waals surface area contributed by atoms with Gasteiger partial charge in [-0.2, -0.15) is 5.26 Å². The molecule has 0 spiro atoms. The van der Waals surface area contributed by atoms with Crippen molar-refractivity contribution < 1.29 is 13.2 Å². The Morgan fingerprint density at radius 1 is 1.00 bits per heavy atom. The maximum absolute atomic E-state index is 13.4. The van der Waals surface area contributed by atoms with E-state index in [0.717, 1.165) is 17.5 Å². The minimum atomic E-state index is -0.908. The van der Waals surface area contributed by atoms with Gasteiger partial charge in [0.15, 0.2) is 28.8 Å². The third-order valence-corrected chi connectivity index (χ3v) is 3.67. The third kappa shape index (κ3) is 2.21. The summed E-state index contributed by atoms with van der Waals surface area (Å²) in [5.41, 5.74) is 2.29. The second-order valence-corrected chi connectivity index (χ2v) is 5.14. The molecule has 0 aliphatic heterocycles. The number of furan rings is 1. The molecular formula is C17H8F2N4O. The van der Waals surface area contributed by atoms with Gasteiger partial charge in [-0.15, -0.1) is 5.10 Å². The van der Waals surface area contributed by atoms with E-state index < -0.39 is 11.6 Å². The number of rotatable bonds is 2. The van der Waals surface area contributed by atoms with E-state index in [1.54, 1.807) is 24.3 Å². The third-order valence-electron chi connectivity index (χ3n) is 3.67. The van der Waals surface area contributed by atoms with Crippen LogP contribution in [-0.4, -0.2) is 15.4 Å². The molecule has 2 heterocycles. The van der Waals surface area contributed by atoms with Crippen LogP contribution in [0.25, 0.3) is 33.6 Å². The first kappa shape index (κ1) is 14.1. The van der Waals surface area contributed by atoms with E-state index in [0.29, 0.717) is 28.2 Å².